The van der Waals surface area contributed by atoms with Crippen LogP contribution < -0.4 is 11.1 Å². The third-order valence-corrected chi connectivity index (χ3v) is 1.45. The second-order valence-corrected chi connectivity index (χ2v) is 3.08. The van der Waals surface area contributed by atoms with Gasteiger partial charge in [0.05, 0.1) is 5.75 Å². The number of carbonyl (C=O) groups is 1. The molecule has 0 saturated carbocycles. The highest BCUT2D eigenvalue weighted by atomic mass is 32.2. The van der Waals surface area contributed by atoms with E-state index >= 15 is 0 Å². The predicted octanol–water partition coefficient (Wildman–Crippen LogP) is -0.187. The Morgan fingerprint density at radius 2 is 2.40 bits per heavy atom. The molecule has 4 heteroatoms. The van der Waals surface area contributed by atoms with Crippen molar-refractivity contribution in [2.24, 2.45) is 5.73 Å². The third-order valence-electron chi connectivity index (χ3n) is 0.897. The van der Waals surface area contributed by atoms with Crippen LogP contribution in [0, 0.1) is 0 Å². The zero-order valence-electron chi connectivity index (χ0n) is 6.39. The fraction of sp³-hybridized carbons (Fsp3) is 0.833. The van der Waals surface area contributed by atoms with Gasteiger partial charge in [-0.15, -0.1) is 0 Å². The third kappa shape index (κ3) is 5.91. The van der Waals surface area contributed by atoms with Crippen molar-refractivity contribution in [2.45, 2.75) is 13.0 Å². The molecule has 0 aromatic heterocycles. The van der Waals surface area contributed by atoms with Gasteiger partial charge >= 0.3 is 0 Å². The average molecular weight is 162 g/mol. The molecule has 0 bridgehead atoms. The van der Waals surface area contributed by atoms with Gasteiger partial charge in [0.25, 0.3) is 0 Å². The highest BCUT2D eigenvalue weighted by molar-refractivity contribution is 7.99. The summed E-state index contributed by atoms with van der Waals surface area (Å²) in [6, 6.07) is 0.0470. The number of thioether (sulfide) groups is 1. The molecule has 0 spiro atoms. The Morgan fingerprint density at radius 1 is 1.80 bits per heavy atom. The number of nitrogens with one attached hydrogen (secondary N) is 1. The first-order valence-electron chi connectivity index (χ1n) is 3.18. The number of amides is 1. The lowest BCUT2D eigenvalue weighted by Gasteiger charge is -2.05. The molecule has 3 N–H and O–H groups in total. The Hall–Kier alpha value is -0.220. The van der Waals surface area contributed by atoms with Gasteiger partial charge in [-0.2, -0.15) is 11.8 Å². The van der Waals surface area contributed by atoms with Crippen LogP contribution in [0.2, 0.25) is 0 Å². The SMILES string of the molecule is CSCC(=O)NCC(C)N. The number of hydrogen-bond acceptors (Lipinski definition) is 3. The molecule has 60 valence electrons. The summed E-state index contributed by atoms with van der Waals surface area (Å²) in [7, 11) is 0. The molecule has 0 saturated heterocycles. The van der Waals surface area contributed by atoms with Gasteiger partial charge in [0.15, 0.2) is 0 Å². The molecule has 0 aromatic carbocycles. The van der Waals surface area contributed by atoms with E-state index < -0.39 is 0 Å². The number of rotatable bonds is 4. The summed E-state index contributed by atoms with van der Waals surface area (Å²) >= 11 is 1.51. The summed E-state index contributed by atoms with van der Waals surface area (Å²) in [6.45, 7) is 2.43. The van der Waals surface area contributed by atoms with Crippen molar-refractivity contribution in [3.63, 3.8) is 0 Å². The minimum absolute atomic E-state index is 0.0470. The minimum atomic E-state index is 0.0470. The molecule has 0 aliphatic rings. The standard InChI is InChI=1S/C6H14N2OS/c1-5(7)3-8-6(9)4-10-2/h5H,3-4,7H2,1-2H3,(H,8,9). The van der Waals surface area contributed by atoms with E-state index in [1.54, 1.807) is 0 Å². The maximum Gasteiger partial charge on any atom is 0.230 e. The zero-order chi connectivity index (χ0) is 7.98. The highest BCUT2D eigenvalue weighted by Crippen LogP contribution is 1.88. The summed E-state index contributed by atoms with van der Waals surface area (Å²) in [5.41, 5.74) is 5.42. The summed E-state index contributed by atoms with van der Waals surface area (Å²) in [6.07, 6.45) is 1.89. The van der Waals surface area contributed by atoms with E-state index in [4.69, 9.17) is 5.73 Å². The van der Waals surface area contributed by atoms with Gasteiger partial charge in [0.1, 0.15) is 0 Å². The van der Waals surface area contributed by atoms with Gasteiger partial charge in [0.2, 0.25) is 5.91 Å². The van der Waals surface area contributed by atoms with Gasteiger partial charge in [-0.3, -0.25) is 4.79 Å². The second-order valence-electron chi connectivity index (χ2n) is 2.21. The molecule has 0 aliphatic carbocycles. The molecular formula is C6H14N2OS. The predicted molar refractivity (Wildman–Crippen MR) is 45.0 cm³/mol. The number of hydrogen-bond donors (Lipinski definition) is 2. The van der Waals surface area contributed by atoms with E-state index in [1.807, 2.05) is 13.2 Å². The Morgan fingerprint density at radius 3 is 2.80 bits per heavy atom. The maximum atomic E-state index is 10.8. The topological polar surface area (TPSA) is 55.1 Å². The van der Waals surface area contributed by atoms with Crippen LogP contribution in [0.3, 0.4) is 0 Å². The lowest BCUT2D eigenvalue weighted by Crippen LogP contribution is -2.35. The Balaban J connectivity index is 3.22. The van der Waals surface area contributed by atoms with Crippen molar-refractivity contribution < 1.29 is 4.79 Å². The van der Waals surface area contributed by atoms with E-state index in [0.29, 0.717) is 12.3 Å². The van der Waals surface area contributed by atoms with Crippen LogP contribution in [0.5, 0.6) is 0 Å². The van der Waals surface area contributed by atoms with Gasteiger partial charge < -0.3 is 11.1 Å². The van der Waals surface area contributed by atoms with Crippen molar-refractivity contribution in [1.29, 1.82) is 0 Å². The second kappa shape index (κ2) is 5.56. The first kappa shape index (κ1) is 9.78. The van der Waals surface area contributed by atoms with Crippen molar-refractivity contribution in [1.82, 2.24) is 5.32 Å². The molecule has 3 nitrogen and oxygen atoms in total. The molecule has 10 heavy (non-hydrogen) atoms. The van der Waals surface area contributed by atoms with Gasteiger partial charge in [-0.25, -0.2) is 0 Å². The average Bonchev–Trinajstić information content (AvgIpc) is 1.85. The van der Waals surface area contributed by atoms with E-state index in [-0.39, 0.29) is 11.9 Å². The molecule has 0 fully saturated rings. The molecule has 0 rings (SSSR count). The molecule has 1 atom stereocenters. The summed E-state index contributed by atoms with van der Waals surface area (Å²) in [5.74, 6) is 0.581. The molecule has 0 aromatic rings. The number of nitrogens with two attached hydrogens (primary N) is 1. The molecule has 0 radical (unpaired) electrons. The van der Waals surface area contributed by atoms with E-state index in [1.165, 1.54) is 11.8 Å². The van der Waals surface area contributed by atoms with Crippen LogP contribution in [-0.4, -0.2) is 30.5 Å². The molecule has 0 heterocycles. The summed E-state index contributed by atoms with van der Waals surface area (Å²) in [4.78, 5) is 10.8. The van der Waals surface area contributed by atoms with Crippen molar-refractivity contribution in [3.8, 4) is 0 Å². The van der Waals surface area contributed by atoms with Gasteiger partial charge in [-0.05, 0) is 13.2 Å². The monoisotopic (exact) mass is 162 g/mol. The van der Waals surface area contributed by atoms with Crippen molar-refractivity contribution in [2.75, 3.05) is 18.6 Å². The van der Waals surface area contributed by atoms with Crippen molar-refractivity contribution >= 4 is 17.7 Å². The van der Waals surface area contributed by atoms with Crippen LogP contribution in [-0.2, 0) is 4.79 Å². The zero-order valence-corrected chi connectivity index (χ0v) is 7.20. The summed E-state index contributed by atoms with van der Waals surface area (Å²) in [5, 5.41) is 2.70. The molecule has 0 aliphatic heterocycles. The number of carbonyl (C=O) groups excluding carboxylic acids is 1. The Bertz CT molecular complexity index is 106. The summed E-state index contributed by atoms with van der Waals surface area (Å²) < 4.78 is 0. The molecule has 1 amide bonds. The van der Waals surface area contributed by atoms with Crippen LogP contribution in [0.15, 0.2) is 0 Å². The lowest BCUT2D eigenvalue weighted by molar-refractivity contribution is -0.118. The maximum absolute atomic E-state index is 10.8. The minimum Gasteiger partial charge on any atom is -0.354 e. The first-order chi connectivity index (χ1) is 4.66. The largest absolute Gasteiger partial charge is 0.354 e. The molecule has 1 unspecified atom stereocenters. The fourth-order valence-electron chi connectivity index (χ4n) is 0.457. The van der Waals surface area contributed by atoms with Crippen LogP contribution in [0.4, 0.5) is 0 Å². The lowest BCUT2D eigenvalue weighted by atomic mass is 10.4. The highest BCUT2D eigenvalue weighted by Gasteiger charge is 1.99. The first-order valence-corrected chi connectivity index (χ1v) is 4.57. The van der Waals surface area contributed by atoms with Crippen LogP contribution >= 0.6 is 11.8 Å². The van der Waals surface area contributed by atoms with Gasteiger partial charge in [0, 0.05) is 12.6 Å². The van der Waals surface area contributed by atoms with Crippen LogP contribution in [0.25, 0.3) is 0 Å². The fourth-order valence-corrected chi connectivity index (χ4v) is 0.821. The van der Waals surface area contributed by atoms with Crippen LogP contribution in [0.1, 0.15) is 6.92 Å². The quantitative estimate of drug-likeness (QED) is 0.602. The van der Waals surface area contributed by atoms with Crippen molar-refractivity contribution in [3.05, 3.63) is 0 Å². The Kier molecular flexibility index (Phi) is 5.43. The molecular weight excluding hydrogens is 148 g/mol. The van der Waals surface area contributed by atoms with Gasteiger partial charge in [-0.1, -0.05) is 0 Å². The smallest absolute Gasteiger partial charge is 0.230 e. The normalized spacial score (nSPS) is 12.7. The van der Waals surface area contributed by atoms with E-state index in [2.05, 4.69) is 5.32 Å². The van der Waals surface area contributed by atoms with E-state index in [0.717, 1.165) is 0 Å². The van der Waals surface area contributed by atoms with E-state index in [9.17, 15) is 4.79 Å². The Labute approximate surface area is 65.7 Å².